The first-order valence-electron chi connectivity index (χ1n) is 10.7. The van der Waals surface area contributed by atoms with Gasteiger partial charge in [-0.25, -0.2) is 0 Å². The van der Waals surface area contributed by atoms with Crippen LogP contribution < -0.4 is 11.5 Å². The van der Waals surface area contributed by atoms with E-state index in [0.29, 0.717) is 24.7 Å². The van der Waals surface area contributed by atoms with Crippen LogP contribution in [0.4, 0.5) is 0 Å². The molecule has 0 aliphatic rings. The quantitative estimate of drug-likeness (QED) is 0.149. The van der Waals surface area contributed by atoms with Crippen molar-refractivity contribution in [2.45, 2.75) is 90.1 Å². The van der Waals surface area contributed by atoms with Crippen molar-refractivity contribution in [1.82, 2.24) is 0 Å². The molecule has 0 aromatic carbocycles. The molecule has 0 unspecified atom stereocenters. The highest BCUT2D eigenvalue weighted by molar-refractivity contribution is 7.80. The van der Waals surface area contributed by atoms with Crippen molar-refractivity contribution in [3.8, 4) is 0 Å². The van der Waals surface area contributed by atoms with Crippen molar-refractivity contribution in [2.75, 3.05) is 24.7 Å². The minimum Gasteiger partial charge on any atom is -0.465 e. The van der Waals surface area contributed by atoms with E-state index in [4.69, 9.17) is 25.1 Å². The number of hydrogen-bond acceptors (Lipinski definition) is 10. The molecule has 0 rings (SSSR count). The summed E-state index contributed by atoms with van der Waals surface area (Å²) in [5.41, 5.74) is 10.9. The fraction of sp³-hybridized carbons (Fsp3) is 0.900. The van der Waals surface area contributed by atoms with Gasteiger partial charge in [0.2, 0.25) is 0 Å². The molecule has 0 aliphatic heterocycles. The van der Waals surface area contributed by atoms with E-state index in [0.717, 1.165) is 25.7 Å². The van der Waals surface area contributed by atoms with E-state index in [9.17, 15) is 9.59 Å². The van der Waals surface area contributed by atoms with Crippen molar-refractivity contribution in [3.63, 3.8) is 0 Å². The van der Waals surface area contributed by atoms with Crippen LogP contribution in [0.2, 0.25) is 0 Å². The minimum absolute atomic E-state index is 0.338. The van der Waals surface area contributed by atoms with Crippen LogP contribution in [0.5, 0.6) is 0 Å². The van der Waals surface area contributed by atoms with E-state index in [1.165, 1.54) is 38.5 Å². The topological polar surface area (TPSA) is 122 Å². The minimum atomic E-state index is -0.575. The molecule has 0 aromatic rings. The Morgan fingerprint density at radius 3 is 1.27 bits per heavy atom. The monoisotopic (exact) mass is 486 g/mol. The third-order valence-electron chi connectivity index (χ3n) is 3.98. The lowest BCUT2D eigenvalue weighted by atomic mass is 10.2. The standard InChI is InChI=1S/2C10H21NO2S.OS/c2*1-2-3-4-5-6-7-13-10(12)9(11)8-14;1-2/h2*9,14H,2-8,11H2,1H3;/t2*9-;/m00./s1. The van der Waals surface area contributed by atoms with Crippen molar-refractivity contribution >= 4 is 49.7 Å². The average molecular weight is 487 g/mol. The summed E-state index contributed by atoms with van der Waals surface area (Å²) in [6.07, 6.45) is 11.5. The SMILES string of the molecule is CCCCCCCOC(=O)[C@@H](N)CS.CCCCCCCOC(=O)[C@@H](N)CS.O=S. The molecule has 0 spiro atoms. The summed E-state index contributed by atoms with van der Waals surface area (Å²) in [5.74, 6) is 0.00885. The van der Waals surface area contributed by atoms with Gasteiger partial charge in [0, 0.05) is 11.5 Å². The Bertz CT molecular complexity index is 359. The van der Waals surface area contributed by atoms with Crippen LogP contribution >= 0.6 is 25.3 Å². The molecule has 2 atom stereocenters. The van der Waals surface area contributed by atoms with E-state index in [1.807, 2.05) is 0 Å². The van der Waals surface area contributed by atoms with Crippen molar-refractivity contribution in [2.24, 2.45) is 11.5 Å². The molecule has 180 valence electrons. The highest BCUT2D eigenvalue weighted by Gasteiger charge is 2.12. The first-order valence-corrected chi connectivity index (χ1v) is 12.3. The molecule has 0 saturated heterocycles. The predicted molar refractivity (Wildman–Crippen MR) is 131 cm³/mol. The maximum atomic E-state index is 11.1. The molecule has 30 heavy (non-hydrogen) atoms. The number of esters is 2. The second kappa shape index (κ2) is 28.6. The largest absolute Gasteiger partial charge is 0.465 e. The Balaban J connectivity index is -0.000000448. The van der Waals surface area contributed by atoms with Gasteiger partial charge in [-0.05, 0) is 12.8 Å². The van der Waals surface area contributed by atoms with Crippen LogP contribution in [0.1, 0.15) is 78.1 Å². The normalized spacial score (nSPS) is 11.8. The summed E-state index contributed by atoms with van der Waals surface area (Å²) in [4.78, 5) is 22.1. The molecule has 0 radical (unpaired) electrons. The third kappa shape index (κ3) is 25.6. The van der Waals surface area contributed by atoms with Gasteiger partial charge < -0.3 is 20.9 Å². The summed E-state index contributed by atoms with van der Waals surface area (Å²) in [6, 6.07) is -1.15. The van der Waals surface area contributed by atoms with Crippen LogP contribution in [0.3, 0.4) is 0 Å². The van der Waals surface area contributed by atoms with Gasteiger partial charge >= 0.3 is 11.9 Å². The molecule has 0 aromatic heterocycles. The molecular weight excluding hydrogens is 444 g/mol. The summed E-state index contributed by atoms with van der Waals surface area (Å²) < 4.78 is 17.8. The molecule has 0 heterocycles. The highest BCUT2D eigenvalue weighted by atomic mass is 32.1. The lowest BCUT2D eigenvalue weighted by molar-refractivity contribution is -0.145. The number of unbranched alkanes of at least 4 members (excludes halogenated alkanes) is 8. The molecule has 0 amide bonds. The molecule has 0 saturated carbocycles. The maximum Gasteiger partial charge on any atom is 0.323 e. The van der Waals surface area contributed by atoms with E-state index < -0.39 is 12.1 Å². The number of hydrogen-bond donors (Lipinski definition) is 4. The summed E-state index contributed by atoms with van der Waals surface area (Å²) >= 11 is 10.7. The fourth-order valence-corrected chi connectivity index (χ4v) is 2.42. The van der Waals surface area contributed by atoms with E-state index in [2.05, 4.69) is 51.6 Å². The van der Waals surface area contributed by atoms with Crippen molar-refractivity contribution in [3.05, 3.63) is 0 Å². The molecular formula is C20H42N2O5S3. The lowest BCUT2D eigenvalue weighted by Crippen LogP contribution is -2.34. The molecule has 4 N–H and O–H groups in total. The number of thiol groups is 2. The van der Waals surface area contributed by atoms with Gasteiger partial charge in [-0.2, -0.15) is 29.5 Å². The van der Waals surface area contributed by atoms with Crippen molar-refractivity contribution in [1.29, 1.82) is 0 Å². The van der Waals surface area contributed by atoms with Gasteiger partial charge in [-0.1, -0.05) is 65.2 Å². The molecule has 10 heteroatoms. The third-order valence-corrected chi connectivity index (χ3v) is 4.77. The number of ether oxygens (including phenoxy) is 2. The van der Waals surface area contributed by atoms with Crippen LogP contribution in [-0.2, 0) is 31.6 Å². The molecule has 0 fully saturated rings. The van der Waals surface area contributed by atoms with Crippen LogP contribution in [0.15, 0.2) is 0 Å². The summed E-state index contributed by atoms with van der Waals surface area (Å²) in [7, 11) is 0. The highest BCUT2D eigenvalue weighted by Crippen LogP contribution is 2.03. The fourth-order valence-electron chi connectivity index (χ4n) is 2.12. The van der Waals surface area contributed by atoms with Gasteiger partial charge in [0.05, 0.1) is 13.2 Å². The van der Waals surface area contributed by atoms with E-state index in [1.54, 1.807) is 0 Å². The first kappa shape index (κ1) is 34.2. The summed E-state index contributed by atoms with van der Waals surface area (Å²) in [6.45, 7) is 5.32. The Hall–Kier alpha value is -0.420. The predicted octanol–water partition coefficient (Wildman–Crippen LogP) is 3.18. The summed E-state index contributed by atoms with van der Waals surface area (Å²) in [5, 5.41) is 0. The Kier molecular flexibility index (Phi) is 32.6. The molecule has 7 nitrogen and oxygen atoms in total. The number of carbonyl (C=O) groups is 2. The molecule has 0 aliphatic carbocycles. The van der Waals surface area contributed by atoms with Gasteiger partial charge in [-0.3, -0.25) is 9.59 Å². The van der Waals surface area contributed by atoms with Gasteiger partial charge in [-0.15, -0.1) is 0 Å². The molecule has 0 bridgehead atoms. The van der Waals surface area contributed by atoms with Crippen LogP contribution in [0.25, 0.3) is 0 Å². The Morgan fingerprint density at radius 1 is 0.700 bits per heavy atom. The number of carbonyl (C=O) groups excluding carboxylic acids is 2. The zero-order valence-electron chi connectivity index (χ0n) is 18.6. The van der Waals surface area contributed by atoms with Gasteiger partial charge in [0.25, 0.3) is 0 Å². The second-order valence-corrected chi connectivity index (χ2v) is 7.47. The van der Waals surface area contributed by atoms with E-state index >= 15 is 0 Å². The lowest BCUT2D eigenvalue weighted by Gasteiger charge is -2.08. The van der Waals surface area contributed by atoms with Gasteiger partial charge in [0.1, 0.15) is 12.1 Å². The number of rotatable bonds is 16. The maximum absolute atomic E-state index is 11.1. The van der Waals surface area contributed by atoms with Crippen LogP contribution in [0, 0.1) is 0 Å². The second-order valence-electron chi connectivity index (χ2n) is 6.74. The van der Waals surface area contributed by atoms with E-state index in [-0.39, 0.29) is 11.9 Å². The van der Waals surface area contributed by atoms with Crippen molar-refractivity contribution < 1.29 is 23.3 Å². The number of nitrogens with two attached hydrogens (primary N) is 2. The zero-order valence-corrected chi connectivity index (χ0v) is 21.2. The smallest absolute Gasteiger partial charge is 0.323 e. The average Bonchev–Trinajstić information content (AvgIpc) is 2.78. The zero-order chi connectivity index (χ0) is 23.6. The Labute approximate surface area is 199 Å². The van der Waals surface area contributed by atoms with Gasteiger partial charge in [0.15, 0.2) is 12.5 Å². The Morgan fingerprint density at radius 2 is 1.00 bits per heavy atom. The van der Waals surface area contributed by atoms with Crippen LogP contribution in [-0.4, -0.2) is 53.0 Å². The first-order chi connectivity index (χ1) is 14.4.